The van der Waals surface area contributed by atoms with Crippen LogP contribution < -0.4 is 5.32 Å². The van der Waals surface area contributed by atoms with Gasteiger partial charge in [0, 0.05) is 0 Å². The molecule has 0 bridgehead atoms. The minimum Gasteiger partial charge on any atom is -0.356 e. The summed E-state index contributed by atoms with van der Waals surface area (Å²) in [7, 11) is 0. The Hall–Kier alpha value is -0.960. The molecule has 1 N–H and O–H groups in total. The Balaban J connectivity index is 2.25. The van der Waals surface area contributed by atoms with E-state index < -0.39 is 0 Å². The molecule has 1 aliphatic heterocycles. The molecule has 1 unspecified atom stereocenters. The van der Waals surface area contributed by atoms with Gasteiger partial charge in [-0.05, 0) is 36.8 Å². The van der Waals surface area contributed by atoms with Crippen LogP contribution in [0.5, 0.6) is 0 Å². The number of hydrogen-bond acceptors (Lipinski definition) is 3. The maximum atomic E-state index is 4.46. The van der Waals surface area contributed by atoms with Crippen molar-refractivity contribution in [2.45, 2.75) is 19.9 Å². The van der Waals surface area contributed by atoms with Gasteiger partial charge in [-0.1, -0.05) is 30.0 Å². The summed E-state index contributed by atoms with van der Waals surface area (Å²) in [5, 5.41) is 4.51. The van der Waals surface area contributed by atoms with Crippen molar-refractivity contribution in [2.75, 3.05) is 12.8 Å². The SMILES string of the molecule is CSC1=NCC(c2c(C)cccc2C)N1. The molecule has 80 valence electrons. The highest BCUT2D eigenvalue weighted by Crippen LogP contribution is 2.25. The summed E-state index contributed by atoms with van der Waals surface area (Å²) in [4.78, 5) is 4.46. The smallest absolute Gasteiger partial charge is 0.156 e. The molecular formula is C12H16N2S. The predicted molar refractivity (Wildman–Crippen MR) is 67.6 cm³/mol. The van der Waals surface area contributed by atoms with Crippen LogP contribution in [0.15, 0.2) is 23.2 Å². The zero-order chi connectivity index (χ0) is 10.8. The van der Waals surface area contributed by atoms with Crippen LogP contribution in [0.1, 0.15) is 22.7 Å². The molecule has 0 saturated carbocycles. The summed E-state index contributed by atoms with van der Waals surface area (Å²) in [6, 6.07) is 6.82. The maximum absolute atomic E-state index is 4.46. The van der Waals surface area contributed by atoms with Gasteiger partial charge < -0.3 is 5.32 Å². The number of thioether (sulfide) groups is 1. The van der Waals surface area contributed by atoms with Gasteiger partial charge in [-0.3, -0.25) is 4.99 Å². The number of aryl methyl sites for hydroxylation is 2. The third-order valence-electron chi connectivity index (χ3n) is 2.80. The summed E-state index contributed by atoms with van der Waals surface area (Å²) in [5.74, 6) is 0. The fourth-order valence-electron chi connectivity index (χ4n) is 2.08. The average Bonchev–Trinajstić information content (AvgIpc) is 2.66. The monoisotopic (exact) mass is 220 g/mol. The van der Waals surface area contributed by atoms with Crippen molar-refractivity contribution in [3.05, 3.63) is 34.9 Å². The predicted octanol–water partition coefficient (Wildman–Crippen LogP) is 2.67. The second kappa shape index (κ2) is 4.27. The Morgan fingerprint density at radius 1 is 1.33 bits per heavy atom. The third kappa shape index (κ3) is 2.02. The van der Waals surface area contributed by atoms with Gasteiger partial charge in [0.05, 0.1) is 12.6 Å². The van der Waals surface area contributed by atoms with Crippen LogP contribution in [0, 0.1) is 13.8 Å². The topological polar surface area (TPSA) is 24.4 Å². The largest absolute Gasteiger partial charge is 0.356 e. The van der Waals surface area contributed by atoms with Crippen molar-refractivity contribution in [3.63, 3.8) is 0 Å². The Bertz CT molecular complexity index is 378. The molecule has 0 aromatic heterocycles. The number of nitrogens with one attached hydrogen (secondary N) is 1. The van der Waals surface area contributed by atoms with Crippen LogP contribution in [0.2, 0.25) is 0 Å². The van der Waals surface area contributed by atoms with E-state index in [9.17, 15) is 0 Å². The van der Waals surface area contributed by atoms with Gasteiger partial charge in [-0.25, -0.2) is 0 Å². The fourth-order valence-corrected chi connectivity index (χ4v) is 2.54. The van der Waals surface area contributed by atoms with Gasteiger partial charge in [0.25, 0.3) is 0 Å². The molecule has 15 heavy (non-hydrogen) atoms. The van der Waals surface area contributed by atoms with Crippen molar-refractivity contribution >= 4 is 16.9 Å². The molecule has 0 amide bonds. The number of aliphatic imine (C=N–C) groups is 1. The Labute approximate surface area is 95.2 Å². The highest BCUT2D eigenvalue weighted by Gasteiger charge is 2.21. The van der Waals surface area contributed by atoms with Crippen molar-refractivity contribution in [1.29, 1.82) is 0 Å². The van der Waals surface area contributed by atoms with E-state index in [2.05, 4.69) is 48.6 Å². The van der Waals surface area contributed by atoms with E-state index in [1.54, 1.807) is 11.8 Å². The Morgan fingerprint density at radius 2 is 2.00 bits per heavy atom. The quantitative estimate of drug-likeness (QED) is 0.787. The van der Waals surface area contributed by atoms with Gasteiger partial charge in [-0.2, -0.15) is 0 Å². The standard InChI is InChI=1S/C12H16N2S/c1-8-5-4-6-9(2)11(8)10-7-13-12(14-10)15-3/h4-6,10H,7H2,1-3H3,(H,13,14). The van der Waals surface area contributed by atoms with Crippen LogP contribution in [-0.4, -0.2) is 18.0 Å². The average molecular weight is 220 g/mol. The van der Waals surface area contributed by atoms with E-state index in [4.69, 9.17) is 0 Å². The lowest BCUT2D eigenvalue weighted by atomic mass is 9.97. The lowest BCUT2D eigenvalue weighted by Gasteiger charge is -2.17. The van der Waals surface area contributed by atoms with E-state index in [0.717, 1.165) is 11.7 Å². The van der Waals surface area contributed by atoms with Crippen molar-refractivity contribution in [2.24, 2.45) is 4.99 Å². The van der Waals surface area contributed by atoms with Crippen LogP contribution in [-0.2, 0) is 0 Å². The lowest BCUT2D eigenvalue weighted by Crippen LogP contribution is -2.22. The molecule has 0 saturated heterocycles. The first-order valence-corrected chi connectivity index (χ1v) is 6.36. The number of rotatable bonds is 1. The zero-order valence-electron chi connectivity index (χ0n) is 9.37. The van der Waals surface area contributed by atoms with E-state index in [0.29, 0.717) is 6.04 Å². The van der Waals surface area contributed by atoms with Crippen LogP contribution in [0.4, 0.5) is 0 Å². The van der Waals surface area contributed by atoms with Gasteiger partial charge in [0.15, 0.2) is 5.17 Å². The number of hydrogen-bond donors (Lipinski definition) is 1. The fraction of sp³-hybridized carbons (Fsp3) is 0.417. The maximum Gasteiger partial charge on any atom is 0.156 e. The van der Waals surface area contributed by atoms with E-state index >= 15 is 0 Å². The molecule has 3 heteroatoms. The molecule has 1 heterocycles. The number of amidine groups is 1. The first-order chi connectivity index (χ1) is 7.22. The molecular weight excluding hydrogens is 204 g/mol. The van der Waals surface area contributed by atoms with Crippen molar-refractivity contribution in [1.82, 2.24) is 5.32 Å². The highest BCUT2D eigenvalue weighted by atomic mass is 32.2. The van der Waals surface area contributed by atoms with Crippen LogP contribution >= 0.6 is 11.8 Å². The first kappa shape index (κ1) is 10.6. The van der Waals surface area contributed by atoms with E-state index in [1.165, 1.54) is 16.7 Å². The molecule has 0 aliphatic carbocycles. The van der Waals surface area contributed by atoms with Gasteiger partial charge in [0.2, 0.25) is 0 Å². The first-order valence-electron chi connectivity index (χ1n) is 5.13. The number of nitrogens with zero attached hydrogens (tertiary/aromatic N) is 1. The molecule has 2 rings (SSSR count). The third-order valence-corrected chi connectivity index (χ3v) is 3.43. The van der Waals surface area contributed by atoms with Crippen LogP contribution in [0.25, 0.3) is 0 Å². The number of benzene rings is 1. The molecule has 1 aliphatic rings. The summed E-state index contributed by atoms with van der Waals surface area (Å²) in [6.07, 6.45) is 2.05. The highest BCUT2D eigenvalue weighted by molar-refractivity contribution is 8.13. The molecule has 1 aromatic rings. The zero-order valence-corrected chi connectivity index (χ0v) is 10.2. The van der Waals surface area contributed by atoms with Crippen molar-refractivity contribution < 1.29 is 0 Å². The summed E-state index contributed by atoms with van der Waals surface area (Å²) < 4.78 is 0. The molecule has 1 atom stereocenters. The van der Waals surface area contributed by atoms with E-state index in [-0.39, 0.29) is 0 Å². The summed E-state index contributed by atoms with van der Waals surface area (Å²) in [6.45, 7) is 5.20. The second-order valence-electron chi connectivity index (χ2n) is 3.85. The van der Waals surface area contributed by atoms with Gasteiger partial charge >= 0.3 is 0 Å². The molecule has 0 spiro atoms. The minimum absolute atomic E-state index is 0.369. The Kier molecular flexibility index (Phi) is 3.00. The normalized spacial score (nSPS) is 19.9. The molecule has 1 aromatic carbocycles. The lowest BCUT2D eigenvalue weighted by molar-refractivity contribution is 0.701. The Morgan fingerprint density at radius 3 is 2.53 bits per heavy atom. The molecule has 0 fully saturated rings. The van der Waals surface area contributed by atoms with E-state index in [1.807, 2.05) is 0 Å². The second-order valence-corrected chi connectivity index (χ2v) is 4.65. The van der Waals surface area contributed by atoms with Crippen LogP contribution in [0.3, 0.4) is 0 Å². The molecule has 2 nitrogen and oxygen atoms in total. The summed E-state index contributed by atoms with van der Waals surface area (Å²) in [5.41, 5.74) is 4.11. The summed E-state index contributed by atoms with van der Waals surface area (Å²) >= 11 is 1.68. The van der Waals surface area contributed by atoms with Gasteiger partial charge in [-0.15, -0.1) is 0 Å². The van der Waals surface area contributed by atoms with Crippen molar-refractivity contribution in [3.8, 4) is 0 Å². The minimum atomic E-state index is 0.369. The molecule has 0 radical (unpaired) electrons. The van der Waals surface area contributed by atoms with Gasteiger partial charge in [0.1, 0.15) is 0 Å².